The number of nitro groups is 1. The van der Waals surface area contributed by atoms with Crippen molar-refractivity contribution in [2.24, 2.45) is 0 Å². The summed E-state index contributed by atoms with van der Waals surface area (Å²) in [6, 6.07) is 25.6. The van der Waals surface area contributed by atoms with Crippen LogP contribution in [0.1, 0.15) is 166 Å². The van der Waals surface area contributed by atoms with Gasteiger partial charge in [-0.3, -0.25) is 10.1 Å². The third-order valence-corrected chi connectivity index (χ3v) is 43.5. The Balaban J connectivity index is -0.00000122. The van der Waals surface area contributed by atoms with Gasteiger partial charge in [-0.15, -0.1) is 0 Å². The molecule has 0 saturated carbocycles. The molecule has 5 aromatic carbocycles. The first kappa shape index (κ1) is 115. The van der Waals surface area contributed by atoms with Crippen LogP contribution in [0.3, 0.4) is 0 Å². The van der Waals surface area contributed by atoms with E-state index in [-0.39, 0.29) is 59.4 Å². The molecule has 0 amide bonds. The maximum absolute atomic E-state index is 13.4. The smallest absolute Gasteiger partial charge is 0.263 e. The van der Waals surface area contributed by atoms with Crippen LogP contribution >= 0.6 is 144 Å². The molecule has 46 heteroatoms. The number of benzene rings is 5. The van der Waals surface area contributed by atoms with E-state index < -0.39 is 136 Å². The van der Waals surface area contributed by atoms with Crippen molar-refractivity contribution in [2.45, 2.75) is 229 Å². The minimum absolute atomic E-state index is 0.0410. The molecular formula is C66H94Cl5F5N2O18S16. The number of rotatable bonds is 16. The molecule has 5 rings (SSSR count). The molecule has 642 valence electrons. The van der Waals surface area contributed by atoms with Gasteiger partial charge in [-0.25, -0.2) is 89.3 Å². The molecule has 5 aromatic rings. The Morgan fingerprint density at radius 3 is 0.946 bits per heavy atom. The van der Waals surface area contributed by atoms with Gasteiger partial charge in [0.05, 0.1) is 35.8 Å². The van der Waals surface area contributed by atoms with Crippen molar-refractivity contribution in [3.8, 4) is 6.07 Å². The van der Waals surface area contributed by atoms with Gasteiger partial charge in [-0.05, 0) is 313 Å². The Bertz CT molecular complexity index is 4930. The number of halogens is 10. The van der Waals surface area contributed by atoms with Crippen LogP contribution in [0.15, 0.2) is 115 Å². The molecule has 0 bridgehead atoms. The topological polar surface area (TPSA) is 340 Å². The largest absolute Gasteiger partial charge is 0.311 e. The molecule has 0 aromatic heterocycles. The van der Waals surface area contributed by atoms with Gasteiger partial charge in [0.25, 0.3) is 8.87 Å². The van der Waals surface area contributed by atoms with E-state index in [9.17, 15) is 99.4 Å². The van der Waals surface area contributed by atoms with Gasteiger partial charge >= 0.3 is 5.88 Å². The molecule has 0 N–H and O–H groups in total. The summed E-state index contributed by atoms with van der Waals surface area (Å²) in [6.07, 6.45) is 1.23. The summed E-state index contributed by atoms with van der Waals surface area (Å²) in [5.74, 6) is -13.1. The van der Waals surface area contributed by atoms with Crippen molar-refractivity contribution in [3.63, 3.8) is 0 Å². The van der Waals surface area contributed by atoms with Crippen LogP contribution in [0.4, 0.5) is 22.0 Å². The lowest BCUT2D eigenvalue weighted by Crippen LogP contribution is -2.18. The third-order valence-electron chi connectivity index (χ3n) is 9.33. The fourth-order valence-corrected chi connectivity index (χ4v) is 39.9. The molecule has 0 radical (unpaired) electrons. The Kier molecular flexibility index (Phi) is 46.5. The summed E-state index contributed by atoms with van der Waals surface area (Å²) in [7, 11) is -21.7. The number of nitrogens with zero attached hydrogens (tertiary/aromatic N) is 2. The zero-order chi connectivity index (χ0) is 89.6. The number of hydrogen-bond acceptors (Lipinski definition) is 27. The summed E-state index contributed by atoms with van der Waals surface area (Å²) in [6.45, 7) is 42.6. The minimum Gasteiger partial charge on any atom is -0.263 e. The van der Waals surface area contributed by atoms with Crippen LogP contribution in [-0.2, 0) is 71.0 Å². The molecule has 0 atom stereocenters. The summed E-state index contributed by atoms with van der Waals surface area (Å²) >= 11 is 29.0. The molecule has 0 heterocycles. The van der Waals surface area contributed by atoms with Crippen molar-refractivity contribution in [1.82, 2.24) is 0 Å². The highest BCUT2D eigenvalue weighted by Crippen LogP contribution is 2.44. The highest BCUT2D eigenvalue weighted by Gasteiger charge is 2.37. The van der Waals surface area contributed by atoms with Crippen molar-refractivity contribution in [2.75, 3.05) is 17.9 Å². The predicted octanol–water partition coefficient (Wildman–Crippen LogP) is 22.4. The van der Waals surface area contributed by atoms with E-state index in [1.165, 1.54) is 57.4 Å². The van der Waals surface area contributed by atoms with Crippen LogP contribution < -0.4 is 0 Å². The zero-order valence-corrected chi connectivity index (χ0v) is 82.5. The molecule has 0 aliphatic rings. The lowest BCUT2D eigenvalue weighted by molar-refractivity contribution is -0.458. The molecular weight excluding hydrogens is 1890 g/mol. The van der Waals surface area contributed by atoms with Crippen LogP contribution in [0.2, 0.25) is 25.1 Å². The first-order chi connectivity index (χ1) is 49.2. The van der Waals surface area contributed by atoms with E-state index in [1.54, 1.807) is 129 Å². The Labute approximate surface area is 714 Å². The fraction of sp³-hybridized carbons (Fsp3) is 0.530. The summed E-state index contributed by atoms with van der Waals surface area (Å²) in [4.78, 5) is 8.04. The minimum atomic E-state index is -4.72. The molecule has 0 spiro atoms. The first-order valence-electron chi connectivity index (χ1n) is 31.5. The molecule has 0 aliphatic heterocycles. The van der Waals surface area contributed by atoms with Crippen molar-refractivity contribution < 1.29 is 94.2 Å². The SMILES string of the molecule is CC(C)(C)SS(=O)(=O)CC#N.CC(C)(C)SS(=O)(=O)C[N+](=O)[O-].CC(C)(C)SS(=O)(=O)c1c(Cl)cc(Cl)cc1Cl.CC(C)(C)SS(=O)(=O)c1c(F)c(F)c(F)c(F)c1F.CC(C)(C)SS(=O)(=O)c1ccc(Cl)cc1.CC(C)(C)SS(=O)(=O)c1ccccc1.CC(C)(C)SS(=O)(=O)c1ccccc1Cl.CC(C)(C)SS(C)(=O)=O. The van der Waals surface area contributed by atoms with E-state index in [2.05, 4.69) is 0 Å². The predicted molar refractivity (Wildman–Crippen MR) is 467 cm³/mol. The van der Waals surface area contributed by atoms with Gasteiger partial charge in [0.1, 0.15) is 10.6 Å². The van der Waals surface area contributed by atoms with E-state index in [0.29, 0.717) is 30.6 Å². The van der Waals surface area contributed by atoms with E-state index in [1.807, 2.05) is 83.1 Å². The quantitative estimate of drug-likeness (QED) is 0.0221. The van der Waals surface area contributed by atoms with Gasteiger partial charge in [0.15, 0.2) is 37.0 Å². The maximum Gasteiger partial charge on any atom is 0.311 e. The third kappa shape index (κ3) is 52.5. The number of hydrogen-bond donors (Lipinski definition) is 0. The van der Waals surface area contributed by atoms with Crippen molar-refractivity contribution in [3.05, 3.63) is 155 Å². The van der Waals surface area contributed by atoms with Crippen LogP contribution in [0.25, 0.3) is 0 Å². The Morgan fingerprint density at radius 1 is 0.357 bits per heavy atom. The lowest BCUT2D eigenvalue weighted by Gasteiger charge is -2.18. The monoisotopic (exact) mass is 1980 g/mol. The summed E-state index contributed by atoms with van der Waals surface area (Å²) < 4.78 is 246. The van der Waals surface area contributed by atoms with Crippen LogP contribution in [0.5, 0.6) is 0 Å². The van der Waals surface area contributed by atoms with Gasteiger partial charge in [0, 0.05) is 59.2 Å². The summed E-state index contributed by atoms with van der Waals surface area (Å²) in [5.41, 5.74) is 0. The lowest BCUT2D eigenvalue weighted by atomic mass is 10.3. The second-order valence-corrected chi connectivity index (χ2v) is 69.8. The highest BCUT2D eigenvalue weighted by atomic mass is 35.5. The Morgan fingerprint density at radius 2 is 0.643 bits per heavy atom. The first-order valence-corrected chi connectivity index (χ1v) is 56.7. The molecule has 0 aliphatic carbocycles. The fourth-order valence-electron chi connectivity index (χ4n) is 6.76. The highest BCUT2D eigenvalue weighted by molar-refractivity contribution is 8.74. The molecule has 112 heavy (non-hydrogen) atoms. The van der Waals surface area contributed by atoms with E-state index >= 15 is 0 Å². The van der Waals surface area contributed by atoms with Crippen molar-refractivity contribution in [1.29, 1.82) is 5.26 Å². The molecule has 0 fully saturated rings. The normalized spacial score (nSPS) is 12.9. The number of nitriles is 1. The maximum atomic E-state index is 13.4. The second-order valence-electron chi connectivity index (χ2n) is 30.2. The van der Waals surface area contributed by atoms with Gasteiger partial charge < -0.3 is 0 Å². The van der Waals surface area contributed by atoms with E-state index in [4.69, 9.17) is 63.3 Å². The average Bonchev–Trinajstić information content (AvgIpc) is 0.765. The molecule has 20 nitrogen and oxygen atoms in total. The Hall–Kier alpha value is -1.51. The second kappa shape index (κ2) is 45.4. The van der Waals surface area contributed by atoms with Gasteiger partial charge in [-0.1, -0.05) is 88.3 Å². The summed E-state index contributed by atoms with van der Waals surface area (Å²) in [5, 5.41) is 19.3. The average molecular weight is 1990 g/mol. The van der Waals surface area contributed by atoms with Gasteiger partial charge in [0.2, 0.25) is 59.0 Å². The van der Waals surface area contributed by atoms with Crippen molar-refractivity contribution >= 4 is 215 Å². The van der Waals surface area contributed by atoms with Gasteiger partial charge in [-0.2, -0.15) is 5.26 Å². The standard InChI is InChI=1S/C10H11Cl3O2S2.2C10H13ClO2S2.C10H9F5O2S2.C10H14O2S2.C6H11NO2S2.C5H11NO4S2.C5H12O2S2/c1-10(2,3)16-17(14,15)9-7(12)4-6(11)5-8(9)13;1-10(2,3)14-15(12,13)9-6-4-8(11)5-7-9;1-10(2,3)14-15(12,13)9-7-5-4-6-8(9)11;1-10(2,3)18-19(16,17)9-7(14)5(12)4(11)6(13)8(9)15;1-10(2,3)13-14(11,12)9-7-5-4-6-8-9;1-6(2,3)10-11(8,9)5-4-7;1-5(2,3)11-12(9,10)4-6(7)8;1-5(2,3)8-9(4,6)7/h4-5H,1-3H3;2*4-7H,1-3H3;1-3H3;4-8H,1-3H3;5H2,1-3H3;4H2,1-3H3;1-4H3. The zero-order valence-electron chi connectivity index (χ0n) is 65.6. The molecule has 0 saturated heterocycles. The van der Waals surface area contributed by atoms with Crippen LogP contribution in [0, 0.1) is 50.5 Å². The molecule has 0 unspecified atom stereocenters. The van der Waals surface area contributed by atoms with E-state index in [0.717, 1.165) is 64.8 Å². The van der Waals surface area contributed by atoms with Crippen LogP contribution in [-0.4, -0.2) is 128 Å².